The highest BCUT2D eigenvalue weighted by molar-refractivity contribution is 7.90. The molecule has 2 bridgehead atoms. The number of aryl methyl sites for hydroxylation is 1. The van der Waals surface area contributed by atoms with Crippen LogP contribution in [0.15, 0.2) is 48.6 Å². The maximum atomic E-state index is 13.6. The Balaban J connectivity index is 1.20. The normalized spacial score (nSPS) is 30.9. The van der Waals surface area contributed by atoms with Crippen molar-refractivity contribution in [1.29, 1.82) is 0 Å². The second kappa shape index (κ2) is 17.2. The van der Waals surface area contributed by atoms with Crippen molar-refractivity contribution in [2.75, 3.05) is 77.6 Å². The van der Waals surface area contributed by atoms with Gasteiger partial charge in [-0.1, -0.05) is 36.7 Å². The number of methoxy groups -OCH3 is 1. The van der Waals surface area contributed by atoms with E-state index in [-0.39, 0.29) is 18.1 Å². The van der Waals surface area contributed by atoms with E-state index in [0.29, 0.717) is 48.5 Å². The molecule has 54 heavy (non-hydrogen) atoms. The first-order valence-corrected chi connectivity index (χ1v) is 21.7. The number of rotatable bonds is 5. The van der Waals surface area contributed by atoms with E-state index in [9.17, 15) is 13.2 Å². The predicted molar refractivity (Wildman–Crippen MR) is 211 cm³/mol. The van der Waals surface area contributed by atoms with E-state index >= 15 is 0 Å². The zero-order valence-electron chi connectivity index (χ0n) is 32.0. The van der Waals surface area contributed by atoms with Crippen LogP contribution in [-0.4, -0.2) is 114 Å². The number of hydrogen-bond donors (Lipinski definition) is 1. The number of carbonyl (C=O) groups is 1. The van der Waals surface area contributed by atoms with E-state index in [0.717, 1.165) is 95.7 Å². The lowest BCUT2D eigenvalue weighted by molar-refractivity contribution is -0.100. The van der Waals surface area contributed by atoms with Crippen molar-refractivity contribution in [2.24, 2.45) is 17.8 Å². The minimum atomic E-state index is -3.97. The zero-order valence-corrected chi connectivity index (χ0v) is 33.6. The second-order valence-corrected chi connectivity index (χ2v) is 18.4. The van der Waals surface area contributed by atoms with Gasteiger partial charge in [-0.25, -0.2) is 13.1 Å². The lowest BCUT2D eigenvalue weighted by atomic mass is 9.63. The van der Waals surface area contributed by atoms with Gasteiger partial charge < -0.3 is 23.8 Å². The summed E-state index contributed by atoms with van der Waals surface area (Å²) in [6.07, 6.45) is 9.67. The van der Waals surface area contributed by atoms with Gasteiger partial charge in [-0.3, -0.25) is 14.6 Å². The monoisotopic (exact) mass is 784 g/mol. The van der Waals surface area contributed by atoms with E-state index in [2.05, 4.69) is 31.6 Å². The topological polar surface area (TPSA) is 110 Å². The molecule has 1 N–H and O–H groups in total. The summed E-state index contributed by atoms with van der Waals surface area (Å²) in [6, 6.07) is 11.3. The van der Waals surface area contributed by atoms with Crippen LogP contribution in [0, 0.1) is 17.8 Å². The number of fused-ring (bicyclic) bond motifs is 3. The molecule has 1 saturated carbocycles. The summed E-state index contributed by atoms with van der Waals surface area (Å²) in [5, 5.41) is -0.0761. The fourth-order valence-corrected chi connectivity index (χ4v) is 10.3. The molecule has 2 aromatic rings. The van der Waals surface area contributed by atoms with Crippen molar-refractivity contribution in [3.8, 4) is 5.75 Å². The summed E-state index contributed by atoms with van der Waals surface area (Å²) >= 11 is 6.41. The van der Waals surface area contributed by atoms with Gasteiger partial charge in [0.15, 0.2) is 6.29 Å². The Bertz CT molecular complexity index is 1760. The summed E-state index contributed by atoms with van der Waals surface area (Å²) in [6.45, 7) is 12.1. The molecule has 2 aromatic carbocycles. The lowest BCUT2D eigenvalue weighted by Crippen LogP contribution is -2.59. The average Bonchev–Trinajstić information content (AvgIpc) is 3.65. The largest absolute Gasteiger partial charge is 0.487 e. The van der Waals surface area contributed by atoms with Gasteiger partial charge in [0.25, 0.3) is 5.91 Å². The highest BCUT2D eigenvalue weighted by atomic mass is 35.5. The SMILES string of the molecule is CO[C@@]1(CN2CCN(CC3OCCO3)CC2)/C=C/C[C@H](C)[C@@H](C)S(=O)(=O)NC(=O)c2ccc3c(c2)N(CCCCc2cc(Cl)ccc2CO3)C[C@@H]2CC[C@H]21. The van der Waals surface area contributed by atoms with Gasteiger partial charge in [0.1, 0.15) is 18.0 Å². The zero-order chi connectivity index (χ0) is 37.9. The third-order valence-corrected chi connectivity index (χ3v) is 14.7. The van der Waals surface area contributed by atoms with Gasteiger partial charge in [0.05, 0.1) is 24.2 Å². The molecule has 4 aliphatic heterocycles. The third kappa shape index (κ3) is 8.96. The Morgan fingerprint density at radius 1 is 0.963 bits per heavy atom. The van der Waals surface area contributed by atoms with E-state index < -0.39 is 26.8 Å². The van der Waals surface area contributed by atoms with E-state index in [1.54, 1.807) is 13.0 Å². The van der Waals surface area contributed by atoms with Crippen LogP contribution in [-0.2, 0) is 37.3 Å². The number of nitrogens with zero attached hydrogens (tertiary/aromatic N) is 3. The van der Waals surface area contributed by atoms with Crippen molar-refractivity contribution >= 4 is 33.2 Å². The van der Waals surface area contributed by atoms with E-state index in [1.165, 1.54) is 5.56 Å². The molecule has 4 heterocycles. The molecular formula is C41H57ClN4O7S. The number of anilines is 1. The first-order chi connectivity index (χ1) is 26.0. The summed E-state index contributed by atoms with van der Waals surface area (Å²) in [5.41, 5.74) is 2.82. The molecule has 1 aliphatic carbocycles. The first-order valence-electron chi connectivity index (χ1n) is 19.8. The van der Waals surface area contributed by atoms with Gasteiger partial charge in [-0.2, -0.15) is 0 Å². The molecule has 0 radical (unpaired) electrons. The summed E-state index contributed by atoms with van der Waals surface area (Å²) in [7, 11) is -2.13. The Kier molecular flexibility index (Phi) is 12.6. The number of nitrogens with one attached hydrogen (secondary N) is 1. The predicted octanol–water partition coefficient (Wildman–Crippen LogP) is 5.51. The van der Waals surface area contributed by atoms with Crippen LogP contribution in [0.25, 0.3) is 0 Å². The number of carbonyl (C=O) groups excluding carboxylic acids is 1. The van der Waals surface area contributed by atoms with Crippen molar-refractivity contribution in [3.05, 3.63) is 70.3 Å². The number of halogens is 1. The summed E-state index contributed by atoms with van der Waals surface area (Å²) < 4.78 is 54.3. The van der Waals surface area contributed by atoms with Crippen molar-refractivity contribution in [1.82, 2.24) is 14.5 Å². The fraction of sp³-hybridized carbons (Fsp3) is 0.634. The summed E-state index contributed by atoms with van der Waals surface area (Å²) in [5.74, 6) is 0.395. The van der Waals surface area contributed by atoms with Gasteiger partial charge in [-0.05, 0) is 105 Å². The first kappa shape index (κ1) is 39.5. The Labute approximate surface area is 326 Å². The van der Waals surface area contributed by atoms with Gasteiger partial charge in [-0.15, -0.1) is 0 Å². The molecule has 296 valence electrons. The minimum absolute atomic E-state index is 0.142. The Morgan fingerprint density at radius 2 is 1.74 bits per heavy atom. The highest BCUT2D eigenvalue weighted by Crippen LogP contribution is 2.47. The lowest BCUT2D eigenvalue weighted by Gasteiger charge is -2.52. The number of hydrogen-bond acceptors (Lipinski definition) is 10. The molecule has 3 fully saturated rings. The Morgan fingerprint density at radius 3 is 2.48 bits per heavy atom. The maximum Gasteiger partial charge on any atom is 0.264 e. The number of amides is 1. The number of benzene rings is 2. The van der Waals surface area contributed by atoms with Gasteiger partial charge in [0, 0.05) is 70.1 Å². The summed E-state index contributed by atoms with van der Waals surface area (Å²) in [4.78, 5) is 20.9. The van der Waals surface area contributed by atoms with Crippen LogP contribution < -0.4 is 14.4 Å². The second-order valence-electron chi connectivity index (χ2n) is 15.9. The molecule has 1 amide bonds. The molecule has 2 saturated heterocycles. The molecule has 0 spiro atoms. The standard InChI is InChI=1S/C41H57ClN4O7S/c1-29-7-6-15-41(50-3,28-45-19-17-44(18-20-45)26-39-51-21-22-52-39)36-13-10-33(36)25-46-16-5-4-8-31-23-35(42)12-9-34(31)27-53-38-14-11-32(24-37(38)46)40(47)43-54(48,49)30(29)2/h6,9,11-12,14-15,23-24,29-30,33,36,39H,4-5,7-8,10,13,16-22,25-28H2,1-3H3,(H,43,47)/b15-6+/t29-,30+,33-,36+,41+/m0/s1. The maximum absolute atomic E-state index is 13.6. The van der Waals surface area contributed by atoms with Gasteiger partial charge in [0.2, 0.25) is 10.0 Å². The number of sulfonamides is 1. The number of allylic oxidation sites excluding steroid dienone is 1. The molecule has 0 aromatic heterocycles. The molecule has 0 unspecified atom stereocenters. The third-order valence-electron chi connectivity index (χ3n) is 12.6. The van der Waals surface area contributed by atoms with Crippen molar-refractivity contribution in [2.45, 2.75) is 76.1 Å². The Hall–Kier alpha value is -2.71. The van der Waals surface area contributed by atoms with Crippen LogP contribution in [0.5, 0.6) is 5.75 Å². The average molecular weight is 785 g/mol. The van der Waals surface area contributed by atoms with Crippen LogP contribution in [0.1, 0.15) is 67.4 Å². The van der Waals surface area contributed by atoms with Crippen molar-refractivity contribution in [3.63, 3.8) is 0 Å². The number of piperazine rings is 1. The molecule has 11 nitrogen and oxygen atoms in total. The molecular weight excluding hydrogens is 728 g/mol. The number of ether oxygens (including phenoxy) is 4. The van der Waals surface area contributed by atoms with E-state index in [1.807, 2.05) is 44.4 Å². The minimum Gasteiger partial charge on any atom is -0.487 e. The van der Waals surface area contributed by atoms with Crippen LogP contribution >= 0.6 is 11.6 Å². The molecule has 13 heteroatoms. The van der Waals surface area contributed by atoms with E-state index in [4.69, 9.17) is 30.5 Å². The smallest absolute Gasteiger partial charge is 0.264 e. The molecule has 7 rings (SSSR count). The fourth-order valence-electron chi connectivity index (χ4n) is 8.83. The van der Waals surface area contributed by atoms with Crippen LogP contribution in [0.4, 0.5) is 5.69 Å². The molecule has 5 aliphatic rings. The van der Waals surface area contributed by atoms with Crippen molar-refractivity contribution < 1.29 is 32.2 Å². The molecule has 5 atom stereocenters. The quantitative estimate of drug-likeness (QED) is 0.391. The highest BCUT2D eigenvalue weighted by Gasteiger charge is 2.48. The van der Waals surface area contributed by atoms with Crippen LogP contribution in [0.3, 0.4) is 0 Å². The van der Waals surface area contributed by atoms with Crippen LogP contribution in [0.2, 0.25) is 5.02 Å². The van der Waals surface area contributed by atoms with Gasteiger partial charge >= 0.3 is 0 Å².